The van der Waals surface area contributed by atoms with Crippen LogP contribution >= 0.6 is 23.1 Å². The SMILES string of the molecule is CC1=C/C2=C/NC3(C)CCCC3(C)C(=C1)c1cc(C)cc(-c3cc4c5c(sc4cc3Nc3ccccc3C)CCC=C5)c1S2. The van der Waals surface area contributed by atoms with E-state index in [0.29, 0.717) is 0 Å². The highest BCUT2D eigenvalue weighted by atomic mass is 32.2. The first-order chi connectivity index (χ1) is 21.2. The number of nitrogens with one attached hydrogen (secondary N) is 2. The molecule has 44 heavy (non-hydrogen) atoms. The molecule has 2 bridgehead atoms. The average molecular weight is 613 g/mol. The molecule has 1 aromatic heterocycles. The number of fused-ring (bicyclic) bond motifs is 5. The van der Waals surface area contributed by atoms with Gasteiger partial charge in [-0.3, -0.25) is 0 Å². The summed E-state index contributed by atoms with van der Waals surface area (Å²) >= 11 is 3.89. The molecule has 2 atom stereocenters. The van der Waals surface area contributed by atoms with Crippen molar-refractivity contribution < 1.29 is 0 Å². The van der Waals surface area contributed by atoms with Gasteiger partial charge >= 0.3 is 0 Å². The molecule has 0 saturated heterocycles. The van der Waals surface area contributed by atoms with Crippen LogP contribution in [-0.2, 0) is 6.42 Å². The Kier molecular flexibility index (Phi) is 6.55. The normalized spacial score (nSPS) is 24.9. The van der Waals surface area contributed by atoms with Crippen LogP contribution in [0.2, 0.25) is 0 Å². The first-order valence-corrected chi connectivity index (χ1v) is 17.7. The molecule has 4 heteroatoms. The molecule has 0 amide bonds. The molecule has 2 nitrogen and oxygen atoms in total. The lowest BCUT2D eigenvalue weighted by atomic mass is 9.66. The summed E-state index contributed by atoms with van der Waals surface area (Å²) in [5, 5.41) is 9.25. The van der Waals surface area contributed by atoms with E-state index in [1.54, 1.807) is 0 Å². The van der Waals surface area contributed by atoms with Crippen molar-refractivity contribution in [3.63, 3.8) is 0 Å². The van der Waals surface area contributed by atoms with Crippen molar-refractivity contribution in [1.29, 1.82) is 0 Å². The van der Waals surface area contributed by atoms with E-state index in [0.717, 1.165) is 18.5 Å². The second-order valence-corrected chi connectivity index (χ2v) is 15.9. The number of allylic oxidation sites excluding steroid dienone is 4. The Labute approximate surface area is 270 Å². The van der Waals surface area contributed by atoms with Gasteiger partial charge in [-0.05, 0) is 117 Å². The summed E-state index contributed by atoms with van der Waals surface area (Å²) in [5.74, 6) is 0. The van der Waals surface area contributed by atoms with Gasteiger partial charge in [-0.2, -0.15) is 0 Å². The number of benzene rings is 3. The maximum absolute atomic E-state index is 3.96. The number of para-hydroxylation sites is 1. The van der Waals surface area contributed by atoms with Gasteiger partial charge in [0.05, 0.1) is 0 Å². The Morgan fingerprint density at radius 3 is 2.59 bits per heavy atom. The highest BCUT2D eigenvalue weighted by Gasteiger charge is 2.51. The summed E-state index contributed by atoms with van der Waals surface area (Å²) < 4.78 is 1.36. The van der Waals surface area contributed by atoms with Gasteiger partial charge in [0.25, 0.3) is 0 Å². The van der Waals surface area contributed by atoms with Crippen LogP contribution in [0.15, 0.2) is 88.3 Å². The Balaban J connectivity index is 1.42. The lowest BCUT2D eigenvalue weighted by Crippen LogP contribution is -2.49. The molecule has 3 aromatic carbocycles. The first-order valence-electron chi connectivity index (χ1n) is 16.0. The molecule has 3 aliphatic heterocycles. The van der Waals surface area contributed by atoms with Crippen LogP contribution in [0.1, 0.15) is 73.6 Å². The van der Waals surface area contributed by atoms with E-state index < -0.39 is 0 Å². The van der Waals surface area contributed by atoms with E-state index in [9.17, 15) is 0 Å². The van der Waals surface area contributed by atoms with Crippen LogP contribution in [0, 0.1) is 19.3 Å². The molecular weight excluding hydrogens is 573 g/mol. The molecule has 1 fully saturated rings. The van der Waals surface area contributed by atoms with Crippen LogP contribution in [-0.4, -0.2) is 5.54 Å². The summed E-state index contributed by atoms with van der Waals surface area (Å²) in [6, 6.07) is 18.4. The van der Waals surface area contributed by atoms with Crippen LogP contribution < -0.4 is 10.6 Å². The molecule has 2 aliphatic carbocycles. The summed E-state index contributed by atoms with van der Waals surface area (Å²) in [5.41, 5.74) is 13.1. The van der Waals surface area contributed by atoms with Gasteiger partial charge in [0.15, 0.2) is 0 Å². The molecule has 0 spiro atoms. The zero-order valence-corrected chi connectivity index (χ0v) is 28.0. The third kappa shape index (κ3) is 4.36. The Bertz CT molecular complexity index is 1990. The predicted octanol–water partition coefficient (Wildman–Crippen LogP) is 11.7. The summed E-state index contributed by atoms with van der Waals surface area (Å²) in [4.78, 5) is 4.14. The monoisotopic (exact) mass is 612 g/mol. The van der Waals surface area contributed by atoms with E-state index >= 15 is 0 Å². The molecule has 1 saturated carbocycles. The van der Waals surface area contributed by atoms with Crippen molar-refractivity contribution in [1.82, 2.24) is 5.32 Å². The maximum Gasteiger partial charge on any atom is 0.0479 e. The van der Waals surface area contributed by atoms with Crippen molar-refractivity contribution in [3.05, 3.63) is 111 Å². The topological polar surface area (TPSA) is 24.1 Å². The molecule has 0 radical (unpaired) electrons. The molecule has 222 valence electrons. The van der Waals surface area contributed by atoms with E-state index in [1.807, 2.05) is 23.1 Å². The van der Waals surface area contributed by atoms with E-state index in [4.69, 9.17) is 0 Å². The third-order valence-corrected chi connectivity index (χ3v) is 13.0. The smallest absolute Gasteiger partial charge is 0.0479 e. The second-order valence-electron chi connectivity index (χ2n) is 13.7. The largest absolute Gasteiger partial charge is 0.384 e. The van der Waals surface area contributed by atoms with Crippen molar-refractivity contribution in [2.75, 3.05) is 5.32 Å². The number of aryl methyl sites for hydroxylation is 3. The number of thiophene rings is 1. The van der Waals surface area contributed by atoms with E-state index in [2.05, 4.69) is 124 Å². The standard InChI is InChI=1S/C40H40N2S2/c1-24-17-27-23-41-40(5)16-10-15-39(40,4)33(20-24)32-19-25(2)18-31(38(32)43-27)29-21-30-28-12-7-9-14-36(28)44-37(30)22-35(29)42-34-13-8-6-11-26(34)3/h6-8,11-13,17-23,41-42H,9-10,14-16H2,1-5H3/b24-17?,27-23-,33-20?. The van der Waals surface area contributed by atoms with Crippen molar-refractivity contribution in [3.8, 4) is 11.1 Å². The van der Waals surface area contributed by atoms with E-state index in [1.165, 1.54) is 94.2 Å². The van der Waals surface area contributed by atoms with Crippen molar-refractivity contribution in [2.45, 2.75) is 77.2 Å². The van der Waals surface area contributed by atoms with Crippen molar-refractivity contribution in [2.24, 2.45) is 5.41 Å². The fourth-order valence-electron chi connectivity index (χ4n) is 7.95. The molecule has 2 N–H and O–H groups in total. The number of thioether (sulfide) groups is 1. The molecule has 4 heterocycles. The minimum absolute atomic E-state index is 0.00710. The van der Waals surface area contributed by atoms with Gasteiger partial charge < -0.3 is 10.6 Å². The van der Waals surface area contributed by atoms with Gasteiger partial charge in [-0.1, -0.05) is 73.7 Å². The second kappa shape index (κ2) is 10.3. The minimum Gasteiger partial charge on any atom is -0.384 e. The van der Waals surface area contributed by atoms with Crippen molar-refractivity contribution >= 4 is 56.2 Å². The Morgan fingerprint density at radius 2 is 1.73 bits per heavy atom. The Hall–Kier alpha value is -3.47. The third-order valence-electron chi connectivity index (χ3n) is 10.7. The summed E-state index contributed by atoms with van der Waals surface area (Å²) in [6.07, 6.45) is 17.8. The van der Waals surface area contributed by atoms with Crippen LogP contribution in [0.4, 0.5) is 11.4 Å². The summed E-state index contributed by atoms with van der Waals surface area (Å²) in [6.45, 7) is 11.7. The number of hydrogen-bond acceptors (Lipinski definition) is 4. The predicted molar refractivity (Wildman–Crippen MR) is 193 cm³/mol. The highest BCUT2D eigenvalue weighted by Crippen LogP contribution is 2.59. The minimum atomic E-state index is 0.00710. The quantitative estimate of drug-likeness (QED) is 0.241. The van der Waals surface area contributed by atoms with Crippen LogP contribution in [0.3, 0.4) is 0 Å². The van der Waals surface area contributed by atoms with Gasteiger partial charge in [0.1, 0.15) is 0 Å². The van der Waals surface area contributed by atoms with Gasteiger partial charge in [-0.25, -0.2) is 0 Å². The lowest BCUT2D eigenvalue weighted by molar-refractivity contribution is 0.245. The van der Waals surface area contributed by atoms with Gasteiger partial charge in [-0.15, -0.1) is 11.3 Å². The fraction of sp³-hybridized carbons (Fsp3) is 0.300. The zero-order chi connectivity index (χ0) is 30.2. The number of hydrogen-bond donors (Lipinski definition) is 2. The molecule has 5 aliphatic rings. The van der Waals surface area contributed by atoms with E-state index in [-0.39, 0.29) is 11.0 Å². The molecule has 2 unspecified atom stereocenters. The number of rotatable bonds is 3. The Morgan fingerprint density at radius 1 is 0.886 bits per heavy atom. The molecule has 4 aromatic rings. The lowest BCUT2D eigenvalue weighted by Gasteiger charge is -2.44. The average Bonchev–Trinajstić information content (AvgIpc) is 3.52. The van der Waals surface area contributed by atoms with Crippen LogP contribution in [0.5, 0.6) is 0 Å². The fourth-order valence-corrected chi connectivity index (χ4v) is 10.3. The summed E-state index contributed by atoms with van der Waals surface area (Å²) in [7, 11) is 0. The number of anilines is 2. The molecular formula is C40H40N2S2. The zero-order valence-electron chi connectivity index (χ0n) is 26.4. The van der Waals surface area contributed by atoms with Gasteiger partial charge in [0.2, 0.25) is 0 Å². The molecule has 9 rings (SSSR count). The van der Waals surface area contributed by atoms with Crippen LogP contribution in [0.25, 0.3) is 32.9 Å². The highest BCUT2D eigenvalue weighted by molar-refractivity contribution is 8.03. The van der Waals surface area contributed by atoms with Gasteiger partial charge in [0, 0.05) is 58.9 Å². The first kappa shape index (κ1) is 28.0. The maximum atomic E-state index is 3.96.